The van der Waals surface area contributed by atoms with E-state index < -0.39 is 0 Å². The summed E-state index contributed by atoms with van der Waals surface area (Å²) in [7, 11) is 0. The lowest BCUT2D eigenvalue weighted by Gasteiger charge is -2.13. The van der Waals surface area contributed by atoms with Crippen LogP contribution in [0.25, 0.3) is 10.9 Å². The fourth-order valence-electron chi connectivity index (χ4n) is 3.91. The Morgan fingerprint density at radius 3 is 2.81 bits per heavy atom. The molecule has 2 N–H and O–H groups in total. The van der Waals surface area contributed by atoms with Gasteiger partial charge < -0.3 is 10.3 Å². The summed E-state index contributed by atoms with van der Waals surface area (Å²) >= 11 is 11.7. The minimum Gasteiger partial charge on any atom is -0.352 e. The fraction of sp³-hybridized carbons (Fsp3) is 0.292. The molecule has 0 saturated carbocycles. The van der Waals surface area contributed by atoms with Crippen molar-refractivity contribution in [3.05, 3.63) is 85.4 Å². The summed E-state index contributed by atoms with van der Waals surface area (Å²) in [4.78, 5) is 28.7. The predicted molar refractivity (Wildman–Crippen MR) is 127 cm³/mol. The third-order valence-electron chi connectivity index (χ3n) is 5.65. The van der Waals surface area contributed by atoms with Crippen LogP contribution in [0, 0.1) is 4.77 Å². The molecular weight excluding hydrogens is 430 g/mol. The van der Waals surface area contributed by atoms with E-state index in [9.17, 15) is 9.59 Å². The van der Waals surface area contributed by atoms with Gasteiger partial charge in [-0.3, -0.25) is 14.2 Å². The van der Waals surface area contributed by atoms with Gasteiger partial charge in [0.15, 0.2) is 4.77 Å². The SMILES string of the molecule is O=C(NCCC1=CCCCC1)c1ccc2c(=O)n(Cc3ccccc3Cl)c(=S)[nH]c2c1. The number of carbonyl (C=O) groups is 1. The minimum absolute atomic E-state index is 0.155. The number of aromatic nitrogens is 2. The van der Waals surface area contributed by atoms with Gasteiger partial charge in [-0.1, -0.05) is 41.4 Å². The van der Waals surface area contributed by atoms with Crippen LogP contribution in [-0.4, -0.2) is 22.0 Å². The first-order valence-corrected chi connectivity index (χ1v) is 11.3. The number of hydrogen-bond donors (Lipinski definition) is 2. The maximum atomic E-state index is 13.0. The monoisotopic (exact) mass is 453 g/mol. The zero-order valence-corrected chi connectivity index (χ0v) is 18.7. The summed E-state index contributed by atoms with van der Waals surface area (Å²) in [6.45, 7) is 0.889. The summed E-state index contributed by atoms with van der Waals surface area (Å²) in [6.07, 6.45) is 7.93. The summed E-state index contributed by atoms with van der Waals surface area (Å²) in [5, 5.41) is 4.03. The molecule has 0 bridgehead atoms. The van der Waals surface area contributed by atoms with E-state index in [1.165, 1.54) is 23.0 Å². The Kier molecular flexibility index (Phi) is 6.68. The van der Waals surface area contributed by atoms with Gasteiger partial charge >= 0.3 is 0 Å². The molecule has 1 heterocycles. The molecule has 0 saturated heterocycles. The van der Waals surface area contributed by atoms with Crippen molar-refractivity contribution in [2.45, 2.75) is 38.6 Å². The Morgan fingerprint density at radius 1 is 1.19 bits per heavy atom. The number of halogens is 1. The molecule has 0 aliphatic heterocycles. The number of benzene rings is 2. The molecule has 1 aliphatic carbocycles. The van der Waals surface area contributed by atoms with E-state index in [1.54, 1.807) is 24.3 Å². The normalized spacial score (nSPS) is 13.8. The van der Waals surface area contributed by atoms with E-state index in [1.807, 2.05) is 18.2 Å². The zero-order chi connectivity index (χ0) is 21.8. The number of nitrogens with one attached hydrogen (secondary N) is 2. The summed E-state index contributed by atoms with van der Waals surface area (Å²) in [6, 6.07) is 12.4. The van der Waals surface area contributed by atoms with Gasteiger partial charge in [-0.05, 0) is 74.2 Å². The highest BCUT2D eigenvalue weighted by atomic mass is 35.5. The van der Waals surface area contributed by atoms with E-state index in [2.05, 4.69) is 16.4 Å². The molecule has 0 unspecified atom stereocenters. The van der Waals surface area contributed by atoms with E-state index in [0.717, 1.165) is 24.8 Å². The van der Waals surface area contributed by atoms with Crippen LogP contribution in [0.5, 0.6) is 0 Å². The number of rotatable bonds is 6. The van der Waals surface area contributed by atoms with E-state index in [-0.39, 0.29) is 18.0 Å². The minimum atomic E-state index is -0.213. The van der Waals surface area contributed by atoms with Crippen molar-refractivity contribution in [2.24, 2.45) is 0 Å². The Balaban J connectivity index is 1.53. The molecule has 1 aliphatic rings. The number of aromatic amines is 1. The van der Waals surface area contributed by atoms with Crippen LogP contribution in [0.15, 0.2) is 58.9 Å². The second-order valence-electron chi connectivity index (χ2n) is 7.79. The van der Waals surface area contributed by atoms with Crippen LogP contribution < -0.4 is 10.9 Å². The van der Waals surface area contributed by atoms with Crippen LogP contribution in [0.1, 0.15) is 48.0 Å². The van der Waals surface area contributed by atoms with Gasteiger partial charge in [-0.25, -0.2) is 0 Å². The maximum absolute atomic E-state index is 13.0. The molecule has 1 amide bonds. The first-order valence-electron chi connectivity index (χ1n) is 10.5. The van der Waals surface area contributed by atoms with Crippen LogP contribution in [-0.2, 0) is 6.54 Å². The first kappa shape index (κ1) is 21.5. The Hall–Kier alpha value is -2.70. The fourth-order valence-corrected chi connectivity index (χ4v) is 4.36. The standard InChI is InChI=1S/C24H24ClN3O2S/c25-20-9-5-4-8-18(20)15-28-23(30)19-11-10-17(14-21(19)27-24(28)31)22(29)26-13-12-16-6-2-1-3-7-16/h4-6,8-11,14H,1-3,7,12-13,15H2,(H,26,29)(H,27,31). The summed E-state index contributed by atoms with van der Waals surface area (Å²) < 4.78 is 1.77. The molecule has 31 heavy (non-hydrogen) atoms. The van der Waals surface area contributed by atoms with Crippen molar-refractivity contribution in [2.75, 3.05) is 6.54 Å². The van der Waals surface area contributed by atoms with E-state index >= 15 is 0 Å². The average Bonchev–Trinajstić information content (AvgIpc) is 2.78. The van der Waals surface area contributed by atoms with Gasteiger partial charge in [0.25, 0.3) is 11.5 Å². The Bertz CT molecular complexity index is 1280. The lowest BCUT2D eigenvalue weighted by molar-refractivity contribution is 0.0954. The van der Waals surface area contributed by atoms with Gasteiger partial charge in [0, 0.05) is 17.1 Å². The predicted octanol–water partition coefficient (Wildman–Crippen LogP) is 5.38. The van der Waals surface area contributed by atoms with Crippen molar-refractivity contribution < 1.29 is 4.79 Å². The van der Waals surface area contributed by atoms with Crippen molar-refractivity contribution in [3.8, 4) is 0 Å². The number of H-pyrrole nitrogens is 1. The number of fused-ring (bicyclic) bond motifs is 1. The number of hydrogen-bond acceptors (Lipinski definition) is 3. The molecule has 4 rings (SSSR count). The second kappa shape index (κ2) is 9.62. The third kappa shape index (κ3) is 4.97. The maximum Gasteiger partial charge on any atom is 0.262 e. The van der Waals surface area contributed by atoms with E-state index in [4.69, 9.17) is 23.8 Å². The number of allylic oxidation sites excluding steroid dienone is 1. The van der Waals surface area contributed by atoms with Gasteiger partial charge in [0.2, 0.25) is 0 Å². The molecule has 160 valence electrons. The lowest BCUT2D eigenvalue weighted by Crippen LogP contribution is -2.26. The highest BCUT2D eigenvalue weighted by Gasteiger charge is 2.12. The second-order valence-corrected chi connectivity index (χ2v) is 8.58. The van der Waals surface area contributed by atoms with Gasteiger partial charge in [0.1, 0.15) is 0 Å². The molecular formula is C24H24ClN3O2S. The third-order valence-corrected chi connectivity index (χ3v) is 6.34. The van der Waals surface area contributed by atoms with Crippen molar-refractivity contribution >= 4 is 40.6 Å². The first-order chi connectivity index (χ1) is 15.0. The molecule has 0 spiro atoms. The van der Waals surface area contributed by atoms with Crippen LogP contribution >= 0.6 is 23.8 Å². The van der Waals surface area contributed by atoms with Crippen LogP contribution in [0.3, 0.4) is 0 Å². The van der Waals surface area contributed by atoms with Crippen molar-refractivity contribution in [3.63, 3.8) is 0 Å². The summed E-state index contributed by atoms with van der Waals surface area (Å²) in [5.41, 5.74) is 3.07. The highest BCUT2D eigenvalue weighted by Crippen LogP contribution is 2.20. The molecule has 0 radical (unpaired) electrons. The van der Waals surface area contributed by atoms with Crippen LogP contribution in [0.4, 0.5) is 0 Å². The highest BCUT2D eigenvalue weighted by molar-refractivity contribution is 7.71. The molecule has 5 nitrogen and oxygen atoms in total. The summed E-state index contributed by atoms with van der Waals surface area (Å²) in [5.74, 6) is -0.155. The number of amides is 1. The smallest absolute Gasteiger partial charge is 0.262 e. The molecule has 7 heteroatoms. The molecule has 2 aromatic carbocycles. The lowest BCUT2D eigenvalue weighted by atomic mass is 9.97. The molecule has 1 aromatic heterocycles. The molecule has 3 aromatic rings. The van der Waals surface area contributed by atoms with Crippen molar-refractivity contribution in [1.82, 2.24) is 14.9 Å². The topological polar surface area (TPSA) is 66.9 Å². The van der Waals surface area contributed by atoms with Gasteiger partial charge in [-0.15, -0.1) is 0 Å². The Labute approximate surface area is 190 Å². The number of nitrogens with zero attached hydrogens (tertiary/aromatic N) is 1. The van der Waals surface area contributed by atoms with Gasteiger partial charge in [0.05, 0.1) is 17.4 Å². The van der Waals surface area contributed by atoms with Crippen LogP contribution in [0.2, 0.25) is 5.02 Å². The quantitative estimate of drug-likeness (QED) is 0.389. The average molecular weight is 454 g/mol. The van der Waals surface area contributed by atoms with Gasteiger partial charge in [-0.2, -0.15) is 0 Å². The molecule has 0 fully saturated rings. The van der Waals surface area contributed by atoms with E-state index in [0.29, 0.717) is 32.8 Å². The van der Waals surface area contributed by atoms with Crippen molar-refractivity contribution in [1.29, 1.82) is 0 Å². The Morgan fingerprint density at radius 2 is 2.03 bits per heavy atom. The molecule has 0 atom stereocenters. The number of carbonyl (C=O) groups excluding carboxylic acids is 1. The zero-order valence-electron chi connectivity index (χ0n) is 17.1. The largest absolute Gasteiger partial charge is 0.352 e.